The van der Waals surface area contributed by atoms with Gasteiger partial charge in [-0.2, -0.15) is 0 Å². The summed E-state index contributed by atoms with van der Waals surface area (Å²) in [6.07, 6.45) is 2.36. The Morgan fingerprint density at radius 3 is 3.05 bits per heavy atom. The van der Waals surface area contributed by atoms with Gasteiger partial charge in [0.05, 0.1) is 0 Å². The Balaban J connectivity index is 1.80. The minimum Gasteiger partial charge on any atom is -0.336 e. The first-order chi connectivity index (χ1) is 9.19. The SMILES string of the molecule is CN1CCCC1CNC(=O)Nc1cccc(CN)c1. The fourth-order valence-electron chi connectivity index (χ4n) is 2.40. The highest BCUT2D eigenvalue weighted by molar-refractivity contribution is 5.89. The van der Waals surface area contributed by atoms with Crippen molar-refractivity contribution in [2.75, 3.05) is 25.5 Å². The van der Waals surface area contributed by atoms with Gasteiger partial charge in [-0.3, -0.25) is 0 Å². The second kappa shape index (κ2) is 6.54. The highest BCUT2D eigenvalue weighted by atomic mass is 16.2. The zero-order valence-corrected chi connectivity index (χ0v) is 11.4. The monoisotopic (exact) mass is 262 g/mol. The smallest absolute Gasteiger partial charge is 0.319 e. The van der Waals surface area contributed by atoms with Gasteiger partial charge in [0.2, 0.25) is 0 Å². The summed E-state index contributed by atoms with van der Waals surface area (Å²) in [7, 11) is 2.10. The fourth-order valence-corrected chi connectivity index (χ4v) is 2.40. The van der Waals surface area contributed by atoms with Gasteiger partial charge in [-0.15, -0.1) is 0 Å². The van der Waals surface area contributed by atoms with Gasteiger partial charge in [-0.25, -0.2) is 4.79 Å². The molecule has 1 fully saturated rings. The number of carbonyl (C=O) groups is 1. The highest BCUT2D eigenvalue weighted by Gasteiger charge is 2.20. The van der Waals surface area contributed by atoms with E-state index in [1.807, 2.05) is 24.3 Å². The molecule has 1 saturated heterocycles. The molecule has 1 aliphatic heterocycles. The number of rotatable bonds is 4. The number of nitrogens with two attached hydrogens (primary N) is 1. The van der Waals surface area contributed by atoms with E-state index < -0.39 is 0 Å². The highest BCUT2D eigenvalue weighted by Crippen LogP contribution is 2.14. The molecule has 0 aliphatic carbocycles. The Kier molecular flexibility index (Phi) is 4.76. The molecule has 1 aromatic rings. The van der Waals surface area contributed by atoms with E-state index in [-0.39, 0.29) is 6.03 Å². The lowest BCUT2D eigenvalue weighted by molar-refractivity contribution is 0.245. The number of urea groups is 1. The maximum Gasteiger partial charge on any atom is 0.319 e. The summed E-state index contributed by atoms with van der Waals surface area (Å²) in [5, 5.41) is 5.75. The molecule has 2 amide bonds. The average Bonchev–Trinajstić information content (AvgIpc) is 2.82. The van der Waals surface area contributed by atoms with Gasteiger partial charge in [0.1, 0.15) is 0 Å². The molecule has 0 aromatic heterocycles. The topological polar surface area (TPSA) is 70.4 Å². The largest absolute Gasteiger partial charge is 0.336 e. The average molecular weight is 262 g/mol. The number of nitrogens with one attached hydrogen (secondary N) is 2. The molecule has 1 aromatic carbocycles. The van der Waals surface area contributed by atoms with Crippen LogP contribution in [0.3, 0.4) is 0 Å². The first-order valence-corrected chi connectivity index (χ1v) is 6.73. The van der Waals surface area contributed by atoms with Gasteiger partial charge in [0.25, 0.3) is 0 Å². The maximum atomic E-state index is 11.8. The van der Waals surface area contributed by atoms with Gasteiger partial charge in [0, 0.05) is 24.8 Å². The number of hydrogen-bond acceptors (Lipinski definition) is 3. The number of likely N-dealkylation sites (N-methyl/N-ethyl adjacent to an activating group) is 1. The van der Waals surface area contributed by atoms with Crippen LogP contribution in [0.1, 0.15) is 18.4 Å². The van der Waals surface area contributed by atoms with Crippen molar-refractivity contribution in [2.45, 2.75) is 25.4 Å². The maximum absolute atomic E-state index is 11.8. The van der Waals surface area contributed by atoms with Crippen molar-refractivity contribution in [1.29, 1.82) is 0 Å². The lowest BCUT2D eigenvalue weighted by Gasteiger charge is -2.19. The number of nitrogens with zero attached hydrogens (tertiary/aromatic N) is 1. The molecule has 1 heterocycles. The third kappa shape index (κ3) is 3.94. The summed E-state index contributed by atoms with van der Waals surface area (Å²) in [5.74, 6) is 0. The zero-order chi connectivity index (χ0) is 13.7. The van der Waals surface area contributed by atoms with E-state index >= 15 is 0 Å². The Morgan fingerprint density at radius 2 is 2.37 bits per heavy atom. The van der Waals surface area contributed by atoms with Gasteiger partial charge in [0.15, 0.2) is 0 Å². The van der Waals surface area contributed by atoms with E-state index in [0.717, 1.165) is 24.2 Å². The second-order valence-electron chi connectivity index (χ2n) is 5.02. The number of amides is 2. The van der Waals surface area contributed by atoms with Crippen molar-refractivity contribution in [1.82, 2.24) is 10.2 Å². The number of benzene rings is 1. The van der Waals surface area contributed by atoms with E-state index in [9.17, 15) is 4.79 Å². The van der Waals surface area contributed by atoms with Crippen LogP contribution in [0.25, 0.3) is 0 Å². The van der Waals surface area contributed by atoms with E-state index in [2.05, 4.69) is 22.6 Å². The van der Waals surface area contributed by atoms with Gasteiger partial charge >= 0.3 is 6.03 Å². The van der Waals surface area contributed by atoms with Crippen molar-refractivity contribution in [3.05, 3.63) is 29.8 Å². The minimum atomic E-state index is -0.158. The van der Waals surface area contributed by atoms with Crippen molar-refractivity contribution in [3.63, 3.8) is 0 Å². The molecular weight excluding hydrogens is 240 g/mol. The van der Waals surface area contributed by atoms with Gasteiger partial charge in [-0.05, 0) is 44.1 Å². The Morgan fingerprint density at radius 1 is 1.53 bits per heavy atom. The van der Waals surface area contributed by atoms with E-state index in [1.54, 1.807) is 0 Å². The molecule has 104 valence electrons. The Bertz CT molecular complexity index is 435. The van der Waals surface area contributed by atoms with Gasteiger partial charge < -0.3 is 21.3 Å². The second-order valence-corrected chi connectivity index (χ2v) is 5.02. The quantitative estimate of drug-likeness (QED) is 0.767. The van der Waals surface area contributed by atoms with E-state index in [1.165, 1.54) is 6.42 Å². The predicted octanol–water partition coefficient (Wildman–Crippen LogP) is 1.36. The van der Waals surface area contributed by atoms with Crippen LogP contribution >= 0.6 is 0 Å². The summed E-state index contributed by atoms with van der Waals surface area (Å²) in [6.45, 7) is 2.29. The summed E-state index contributed by atoms with van der Waals surface area (Å²) in [6, 6.07) is 7.89. The molecule has 1 aliphatic rings. The molecule has 0 radical (unpaired) electrons. The molecule has 0 saturated carbocycles. The Hall–Kier alpha value is -1.59. The van der Waals surface area contributed by atoms with Gasteiger partial charge in [-0.1, -0.05) is 12.1 Å². The molecular formula is C14H22N4O. The molecule has 5 nitrogen and oxygen atoms in total. The standard InChI is InChI=1S/C14H22N4O/c1-18-7-3-6-13(18)10-16-14(19)17-12-5-2-4-11(8-12)9-15/h2,4-5,8,13H,3,6-7,9-10,15H2,1H3,(H2,16,17,19). The van der Waals surface area contributed by atoms with Crippen LogP contribution in [-0.4, -0.2) is 37.1 Å². The summed E-state index contributed by atoms with van der Waals surface area (Å²) >= 11 is 0. The number of anilines is 1. The van der Waals surface area contributed by atoms with Crippen LogP contribution in [0.15, 0.2) is 24.3 Å². The molecule has 19 heavy (non-hydrogen) atoms. The third-order valence-corrected chi connectivity index (χ3v) is 3.59. The van der Waals surface area contributed by atoms with E-state index in [4.69, 9.17) is 5.73 Å². The molecule has 2 rings (SSSR count). The summed E-state index contributed by atoms with van der Waals surface area (Å²) in [4.78, 5) is 14.1. The van der Waals surface area contributed by atoms with E-state index in [0.29, 0.717) is 19.1 Å². The molecule has 0 bridgehead atoms. The summed E-state index contributed by atoms with van der Waals surface area (Å²) < 4.78 is 0. The minimum absolute atomic E-state index is 0.158. The number of hydrogen-bond donors (Lipinski definition) is 3. The molecule has 1 atom stereocenters. The zero-order valence-electron chi connectivity index (χ0n) is 11.4. The molecule has 0 spiro atoms. The first kappa shape index (κ1) is 13.8. The van der Waals surface area contributed by atoms with Crippen LogP contribution < -0.4 is 16.4 Å². The molecule has 4 N–H and O–H groups in total. The molecule has 1 unspecified atom stereocenters. The molecule has 5 heteroatoms. The van der Waals surface area contributed by atoms with Crippen LogP contribution in [0.4, 0.5) is 10.5 Å². The number of likely N-dealkylation sites (tertiary alicyclic amines) is 1. The van der Waals surface area contributed by atoms with Crippen molar-refractivity contribution >= 4 is 11.7 Å². The van der Waals surface area contributed by atoms with Crippen molar-refractivity contribution in [2.24, 2.45) is 5.73 Å². The summed E-state index contributed by atoms with van der Waals surface area (Å²) in [5.41, 5.74) is 7.36. The van der Waals surface area contributed by atoms with Crippen molar-refractivity contribution in [3.8, 4) is 0 Å². The lowest BCUT2D eigenvalue weighted by atomic mass is 10.2. The fraction of sp³-hybridized carbons (Fsp3) is 0.500. The number of carbonyl (C=O) groups excluding carboxylic acids is 1. The van der Waals surface area contributed by atoms with Crippen LogP contribution in [0, 0.1) is 0 Å². The Labute approximate surface area is 114 Å². The normalized spacial score (nSPS) is 19.4. The van der Waals surface area contributed by atoms with Crippen LogP contribution in [0.5, 0.6) is 0 Å². The third-order valence-electron chi connectivity index (χ3n) is 3.59. The first-order valence-electron chi connectivity index (χ1n) is 6.73. The van der Waals surface area contributed by atoms with Crippen LogP contribution in [-0.2, 0) is 6.54 Å². The lowest BCUT2D eigenvalue weighted by Crippen LogP contribution is -2.40. The predicted molar refractivity (Wildman–Crippen MR) is 77.0 cm³/mol. The van der Waals surface area contributed by atoms with Crippen molar-refractivity contribution < 1.29 is 4.79 Å². The van der Waals surface area contributed by atoms with Crippen LogP contribution in [0.2, 0.25) is 0 Å².